The lowest BCUT2D eigenvalue weighted by atomic mass is 10.7. The van der Waals surface area contributed by atoms with Crippen LogP contribution in [0.25, 0.3) is 0 Å². The van der Waals surface area contributed by atoms with E-state index in [1.165, 1.54) is 9.25 Å². The lowest BCUT2D eigenvalue weighted by Crippen LogP contribution is -2.22. The first-order valence-electron chi connectivity index (χ1n) is 3.27. The molecule has 0 atom stereocenters. The zero-order chi connectivity index (χ0) is 7.72. The van der Waals surface area contributed by atoms with Crippen LogP contribution in [0, 0.1) is 6.92 Å². The summed E-state index contributed by atoms with van der Waals surface area (Å²) in [5.74, 6) is 0.756. The number of aromatic nitrogens is 3. The van der Waals surface area contributed by atoms with Gasteiger partial charge in [-0.3, -0.25) is 4.57 Å². The van der Waals surface area contributed by atoms with Crippen molar-refractivity contribution in [1.29, 1.82) is 0 Å². The van der Waals surface area contributed by atoms with E-state index in [0.29, 0.717) is 6.54 Å². The topological polar surface area (TPSA) is 39.8 Å². The van der Waals surface area contributed by atoms with Crippen molar-refractivity contribution in [2.75, 3.05) is 0 Å². The SMILES string of the molecule is CCn1nc(C)n(C)c1=O. The van der Waals surface area contributed by atoms with Gasteiger partial charge in [-0.05, 0) is 13.8 Å². The van der Waals surface area contributed by atoms with E-state index >= 15 is 0 Å². The van der Waals surface area contributed by atoms with Crippen LogP contribution in [0.1, 0.15) is 12.7 Å². The molecule has 10 heavy (non-hydrogen) atoms. The summed E-state index contributed by atoms with van der Waals surface area (Å²) in [4.78, 5) is 11.1. The monoisotopic (exact) mass is 141 g/mol. The molecule has 0 fully saturated rings. The molecular formula is C6H11N3O. The molecule has 0 unspecified atom stereocenters. The van der Waals surface area contributed by atoms with Crippen molar-refractivity contribution in [3.8, 4) is 0 Å². The van der Waals surface area contributed by atoms with E-state index in [-0.39, 0.29) is 5.69 Å². The molecule has 0 aromatic carbocycles. The Labute approximate surface area is 59.1 Å². The predicted molar refractivity (Wildman–Crippen MR) is 37.9 cm³/mol. The normalized spacial score (nSPS) is 10.3. The summed E-state index contributed by atoms with van der Waals surface area (Å²) in [6.07, 6.45) is 0. The van der Waals surface area contributed by atoms with Crippen LogP contribution in [-0.2, 0) is 13.6 Å². The van der Waals surface area contributed by atoms with Gasteiger partial charge in [0.2, 0.25) is 0 Å². The van der Waals surface area contributed by atoms with Crippen LogP contribution in [0.4, 0.5) is 0 Å². The second-order valence-corrected chi connectivity index (χ2v) is 2.20. The van der Waals surface area contributed by atoms with Crippen LogP contribution in [0.2, 0.25) is 0 Å². The Morgan fingerprint density at radius 3 is 2.40 bits per heavy atom. The number of hydrogen-bond acceptors (Lipinski definition) is 2. The number of hydrogen-bond donors (Lipinski definition) is 0. The summed E-state index contributed by atoms with van der Waals surface area (Å²) in [5, 5.41) is 4.00. The lowest BCUT2D eigenvalue weighted by molar-refractivity contribution is 0.622. The third-order valence-electron chi connectivity index (χ3n) is 1.56. The fraction of sp³-hybridized carbons (Fsp3) is 0.667. The molecule has 0 saturated heterocycles. The third kappa shape index (κ3) is 0.853. The van der Waals surface area contributed by atoms with Crippen molar-refractivity contribution >= 4 is 0 Å². The van der Waals surface area contributed by atoms with Gasteiger partial charge in [-0.15, -0.1) is 0 Å². The minimum atomic E-state index is -0.0417. The van der Waals surface area contributed by atoms with Crippen LogP contribution in [0.15, 0.2) is 4.79 Å². The molecule has 0 bridgehead atoms. The van der Waals surface area contributed by atoms with E-state index in [1.807, 2.05) is 13.8 Å². The maximum Gasteiger partial charge on any atom is 0.345 e. The highest BCUT2D eigenvalue weighted by molar-refractivity contribution is 4.80. The molecule has 1 aromatic rings. The maximum absolute atomic E-state index is 11.1. The molecule has 0 amide bonds. The first kappa shape index (κ1) is 7.05. The van der Waals surface area contributed by atoms with Gasteiger partial charge in [0.05, 0.1) is 0 Å². The van der Waals surface area contributed by atoms with E-state index in [2.05, 4.69) is 5.10 Å². The Balaban J connectivity index is 3.31. The molecule has 0 spiro atoms. The maximum atomic E-state index is 11.1. The van der Waals surface area contributed by atoms with Crippen molar-refractivity contribution in [3.63, 3.8) is 0 Å². The minimum absolute atomic E-state index is 0.0417. The van der Waals surface area contributed by atoms with E-state index in [0.717, 1.165) is 5.82 Å². The molecule has 0 radical (unpaired) electrons. The van der Waals surface area contributed by atoms with Gasteiger partial charge < -0.3 is 0 Å². The van der Waals surface area contributed by atoms with Gasteiger partial charge in [0.15, 0.2) is 0 Å². The van der Waals surface area contributed by atoms with Crippen LogP contribution >= 0.6 is 0 Å². The molecular weight excluding hydrogens is 130 g/mol. The fourth-order valence-corrected chi connectivity index (χ4v) is 0.802. The molecule has 0 aliphatic carbocycles. The highest BCUT2D eigenvalue weighted by atomic mass is 16.2. The lowest BCUT2D eigenvalue weighted by Gasteiger charge is -1.86. The Hall–Kier alpha value is -1.06. The first-order chi connectivity index (χ1) is 4.66. The van der Waals surface area contributed by atoms with E-state index in [9.17, 15) is 4.79 Å². The summed E-state index contributed by atoms with van der Waals surface area (Å²) in [6, 6.07) is 0. The number of nitrogens with zero attached hydrogens (tertiary/aromatic N) is 3. The van der Waals surface area contributed by atoms with Crippen molar-refractivity contribution < 1.29 is 0 Å². The summed E-state index contributed by atoms with van der Waals surface area (Å²) < 4.78 is 2.97. The van der Waals surface area contributed by atoms with Crippen molar-refractivity contribution in [3.05, 3.63) is 16.3 Å². The van der Waals surface area contributed by atoms with Gasteiger partial charge in [-0.1, -0.05) is 0 Å². The van der Waals surface area contributed by atoms with Crippen LogP contribution in [0.5, 0.6) is 0 Å². The number of aryl methyl sites for hydroxylation is 2. The van der Waals surface area contributed by atoms with Crippen LogP contribution in [0.3, 0.4) is 0 Å². The van der Waals surface area contributed by atoms with Crippen molar-refractivity contribution in [2.45, 2.75) is 20.4 Å². The van der Waals surface area contributed by atoms with Crippen molar-refractivity contribution in [1.82, 2.24) is 14.3 Å². The van der Waals surface area contributed by atoms with Gasteiger partial charge in [-0.25, -0.2) is 9.48 Å². The van der Waals surface area contributed by atoms with E-state index in [1.54, 1.807) is 7.05 Å². The van der Waals surface area contributed by atoms with Crippen molar-refractivity contribution in [2.24, 2.45) is 7.05 Å². The summed E-state index contributed by atoms with van der Waals surface area (Å²) >= 11 is 0. The highest BCUT2D eigenvalue weighted by Crippen LogP contribution is 1.83. The van der Waals surface area contributed by atoms with Gasteiger partial charge >= 0.3 is 5.69 Å². The molecule has 56 valence electrons. The second kappa shape index (κ2) is 2.28. The molecule has 4 nitrogen and oxygen atoms in total. The number of rotatable bonds is 1. The first-order valence-corrected chi connectivity index (χ1v) is 3.27. The highest BCUT2D eigenvalue weighted by Gasteiger charge is 2.01. The Bertz CT molecular complexity index is 284. The van der Waals surface area contributed by atoms with E-state index < -0.39 is 0 Å². The van der Waals surface area contributed by atoms with Gasteiger partial charge in [-0.2, -0.15) is 5.10 Å². The van der Waals surface area contributed by atoms with Crippen LogP contribution in [-0.4, -0.2) is 14.3 Å². The molecule has 1 aromatic heterocycles. The standard InChI is InChI=1S/C6H11N3O/c1-4-9-6(10)8(3)5(2)7-9/h4H2,1-3H3. The Kier molecular flexibility index (Phi) is 1.61. The van der Waals surface area contributed by atoms with E-state index in [4.69, 9.17) is 0 Å². The average molecular weight is 141 g/mol. The molecule has 0 saturated carbocycles. The minimum Gasteiger partial charge on any atom is -0.282 e. The summed E-state index contributed by atoms with van der Waals surface area (Å²) in [5.41, 5.74) is -0.0417. The summed E-state index contributed by atoms with van der Waals surface area (Å²) in [6.45, 7) is 4.35. The zero-order valence-corrected chi connectivity index (χ0v) is 6.46. The largest absolute Gasteiger partial charge is 0.345 e. The summed E-state index contributed by atoms with van der Waals surface area (Å²) in [7, 11) is 1.72. The molecule has 0 N–H and O–H groups in total. The fourth-order valence-electron chi connectivity index (χ4n) is 0.802. The Morgan fingerprint density at radius 1 is 1.60 bits per heavy atom. The zero-order valence-electron chi connectivity index (χ0n) is 6.46. The quantitative estimate of drug-likeness (QED) is 0.548. The Morgan fingerprint density at radius 2 is 2.20 bits per heavy atom. The third-order valence-corrected chi connectivity index (χ3v) is 1.56. The molecule has 0 aliphatic rings. The predicted octanol–water partition coefficient (Wildman–Crippen LogP) is -0.0899. The molecule has 1 rings (SSSR count). The average Bonchev–Trinajstić information content (AvgIpc) is 2.17. The smallest absolute Gasteiger partial charge is 0.282 e. The molecule has 0 aliphatic heterocycles. The molecule has 1 heterocycles. The van der Waals surface area contributed by atoms with Gasteiger partial charge in [0.1, 0.15) is 5.82 Å². The van der Waals surface area contributed by atoms with Crippen LogP contribution < -0.4 is 5.69 Å². The second-order valence-electron chi connectivity index (χ2n) is 2.20. The van der Waals surface area contributed by atoms with Gasteiger partial charge in [0, 0.05) is 13.6 Å². The van der Waals surface area contributed by atoms with Gasteiger partial charge in [0.25, 0.3) is 0 Å². The molecule has 4 heteroatoms.